The van der Waals surface area contributed by atoms with Gasteiger partial charge in [-0.25, -0.2) is 13.8 Å². The van der Waals surface area contributed by atoms with Crippen LogP contribution in [0.2, 0.25) is 0 Å². The van der Waals surface area contributed by atoms with Gasteiger partial charge in [-0.1, -0.05) is 90.5 Å². The molecule has 0 atom stereocenters. The van der Waals surface area contributed by atoms with Crippen molar-refractivity contribution in [3.8, 4) is 0 Å². The predicted octanol–water partition coefficient (Wildman–Crippen LogP) is 5.54. The third-order valence-electron chi connectivity index (χ3n) is 5.71. The van der Waals surface area contributed by atoms with Crippen molar-refractivity contribution in [2.45, 2.75) is 25.3 Å². The lowest BCUT2D eigenvalue weighted by atomic mass is 10.1. The summed E-state index contributed by atoms with van der Waals surface area (Å²) < 4.78 is 29.0. The van der Waals surface area contributed by atoms with Crippen LogP contribution < -0.4 is 9.73 Å². The van der Waals surface area contributed by atoms with E-state index in [4.69, 9.17) is 0 Å². The summed E-state index contributed by atoms with van der Waals surface area (Å²) >= 11 is 0. The Morgan fingerprint density at radius 3 is 2.06 bits per heavy atom. The molecular weight excluding hydrogens is 470 g/mol. The molecule has 0 aromatic heterocycles. The molecule has 0 bridgehead atoms. The number of rotatable bonds is 8. The van der Waals surface area contributed by atoms with Gasteiger partial charge in [-0.3, -0.25) is 9.10 Å². The van der Waals surface area contributed by atoms with Gasteiger partial charge in [0.15, 0.2) is 0 Å². The number of amides is 1. The lowest BCUT2D eigenvalue weighted by molar-refractivity contribution is 0.0955. The minimum atomic E-state index is -3.98. The zero-order chi connectivity index (χ0) is 25.5. The number of hydrazone groups is 1. The van der Waals surface area contributed by atoms with Crippen LogP contribution in [0.15, 0.2) is 119 Å². The lowest BCUT2D eigenvalue weighted by Crippen LogP contribution is -2.33. The molecule has 0 unspecified atom stereocenters. The van der Waals surface area contributed by atoms with Crippen molar-refractivity contribution >= 4 is 27.3 Å². The Balaban J connectivity index is 1.73. The first-order valence-electron chi connectivity index (χ1n) is 11.5. The number of hydrogen-bond acceptors (Lipinski definition) is 4. The zero-order valence-corrected chi connectivity index (χ0v) is 20.9. The van der Waals surface area contributed by atoms with Crippen LogP contribution in [0.4, 0.5) is 5.69 Å². The van der Waals surface area contributed by atoms with Gasteiger partial charge in [0.25, 0.3) is 15.9 Å². The van der Waals surface area contributed by atoms with Gasteiger partial charge in [0.05, 0.1) is 28.4 Å². The third-order valence-corrected chi connectivity index (χ3v) is 7.49. The molecule has 0 aliphatic carbocycles. The second-order valence-corrected chi connectivity index (χ2v) is 10.2. The zero-order valence-electron chi connectivity index (χ0n) is 20.1. The third kappa shape index (κ3) is 5.70. The van der Waals surface area contributed by atoms with Crippen LogP contribution in [-0.4, -0.2) is 20.0 Å². The van der Waals surface area contributed by atoms with Gasteiger partial charge in [-0.2, -0.15) is 5.10 Å². The van der Waals surface area contributed by atoms with Crippen molar-refractivity contribution < 1.29 is 13.2 Å². The van der Waals surface area contributed by atoms with E-state index in [0.717, 1.165) is 16.7 Å². The van der Waals surface area contributed by atoms with E-state index in [0.29, 0.717) is 5.71 Å². The number of carbonyl (C=O) groups excluding carboxylic acids is 1. The maximum atomic E-state index is 13.8. The summed E-state index contributed by atoms with van der Waals surface area (Å²) in [5, 5.41) is 4.23. The maximum Gasteiger partial charge on any atom is 0.273 e. The molecule has 0 saturated heterocycles. The summed E-state index contributed by atoms with van der Waals surface area (Å²) in [4.78, 5) is 13.4. The number of carbonyl (C=O) groups is 1. The molecule has 182 valence electrons. The number of aryl methyl sites for hydroxylation is 1. The molecular formula is C29H27N3O3S. The molecule has 0 saturated carbocycles. The first-order chi connectivity index (χ1) is 17.4. The molecule has 4 rings (SSSR count). The van der Waals surface area contributed by atoms with Crippen LogP contribution in [0, 0.1) is 6.92 Å². The first-order valence-corrected chi connectivity index (χ1v) is 12.9. The second kappa shape index (κ2) is 11.0. The van der Waals surface area contributed by atoms with Crippen molar-refractivity contribution in [3.63, 3.8) is 0 Å². The van der Waals surface area contributed by atoms with Crippen molar-refractivity contribution in [1.82, 2.24) is 5.43 Å². The molecule has 0 fully saturated rings. The van der Waals surface area contributed by atoms with Crippen molar-refractivity contribution in [2.75, 3.05) is 4.31 Å². The van der Waals surface area contributed by atoms with Crippen LogP contribution in [0.3, 0.4) is 0 Å². The predicted molar refractivity (Wildman–Crippen MR) is 144 cm³/mol. The minimum absolute atomic E-state index is 0.0631. The van der Waals surface area contributed by atoms with Crippen LogP contribution in [-0.2, 0) is 16.6 Å². The normalized spacial score (nSPS) is 11.7. The Kier molecular flexibility index (Phi) is 7.61. The molecule has 0 aliphatic rings. The Hall–Kier alpha value is -4.23. The Labute approximate surface area is 212 Å². The molecule has 0 spiro atoms. The van der Waals surface area contributed by atoms with E-state index in [2.05, 4.69) is 10.5 Å². The highest BCUT2D eigenvalue weighted by Crippen LogP contribution is 2.29. The summed E-state index contributed by atoms with van der Waals surface area (Å²) in [7, 11) is -3.98. The number of nitrogens with zero attached hydrogens (tertiary/aromatic N) is 2. The van der Waals surface area contributed by atoms with E-state index in [1.807, 2.05) is 67.6 Å². The van der Waals surface area contributed by atoms with Gasteiger partial charge < -0.3 is 0 Å². The quantitative estimate of drug-likeness (QED) is 0.256. The standard InChI is InChI=1S/C29H27N3O3S/c1-22-17-19-26(20-18-22)36(34,35)32(21-24-11-5-3-6-12-24)28-16-10-9-15-27(28)29(33)31-30-23(2)25-13-7-4-8-14-25/h3-20H,21H2,1-2H3,(H,31,33)/b30-23+. The van der Waals surface area contributed by atoms with E-state index in [9.17, 15) is 13.2 Å². The van der Waals surface area contributed by atoms with Crippen LogP contribution >= 0.6 is 0 Å². The molecule has 4 aromatic carbocycles. The highest BCUT2D eigenvalue weighted by molar-refractivity contribution is 7.92. The summed E-state index contributed by atoms with van der Waals surface area (Å²) in [5.41, 5.74) is 6.31. The van der Waals surface area contributed by atoms with E-state index in [-0.39, 0.29) is 22.7 Å². The van der Waals surface area contributed by atoms with Gasteiger partial charge in [0.1, 0.15) is 0 Å². The average molecular weight is 498 g/mol. The van der Waals surface area contributed by atoms with Crippen molar-refractivity contribution in [3.05, 3.63) is 131 Å². The topological polar surface area (TPSA) is 78.8 Å². The molecule has 7 heteroatoms. The first kappa shape index (κ1) is 24.9. The number of para-hydroxylation sites is 1. The van der Waals surface area contributed by atoms with Gasteiger partial charge in [-0.15, -0.1) is 0 Å². The molecule has 0 radical (unpaired) electrons. The van der Waals surface area contributed by atoms with Gasteiger partial charge in [0.2, 0.25) is 0 Å². The molecule has 4 aromatic rings. The number of nitrogens with one attached hydrogen (secondary N) is 1. The Morgan fingerprint density at radius 2 is 1.39 bits per heavy atom. The largest absolute Gasteiger partial charge is 0.273 e. The summed E-state index contributed by atoms with van der Waals surface area (Å²) in [6, 6.07) is 32.1. The average Bonchev–Trinajstić information content (AvgIpc) is 2.91. The number of benzene rings is 4. The van der Waals surface area contributed by atoms with E-state index < -0.39 is 15.9 Å². The fraction of sp³-hybridized carbons (Fsp3) is 0.103. The van der Waals surface area contributed by atoms with E-state index >= 15 is 0 Å². The van der Waals surface area contributed by atoms with E-state index in [1.54, 1.807) is 55.5 Å². The minimum Gasteiger partial charge on any atom is -0.267 e. The number of anilines is 1. The molecule has 0 aliphatic heterocycles. The fourth-order valence-corrected chi connectivity index (χ4v) is 5.18. The Bertz CT molecular complexity index is 1470. The molecule has 36 heavy (non-hydrogen) atoms. The Morgan fingerprint density at radius 1 is 0.806 bits per heavy atom. The molecule has 0 heterocycles. The molecule has 6 nitrogen and oxygen atoms in total. The number of hydrogen-bond donors (Lipinski definition) is 1. The van der Waals surface area contributed by atoms with Crippen molar-refractivity contribution in [1.29, 1.82) is 0 Å². The summed E-state index contributed by atoms with van der Waals surface area (Å²) in [6.07, 6.45) is 0. The van der Waals surface area contributed by atoms with Crippen LogP contribution in [0.5, 0.6) is 0 Å². The fourth-order valence-electron chi connectivity index (χ4n) is 3.71. The molecule has 1 N–H and O–H groups in total. The van der Waals surface area contributed by atoms with Gasteiger partial charge in [-0.05, 0) is 49.2 Å². The monoisotopic (exact) mass is 497 g/mol. The smallest absolute Gasteiger partial charge is 0.267 e. The highest BCUT2D eigenvalue weighted by atomic mass is 32.2. The lowest BCUT2D eigenvalue weighted by Gasteiger charge is -2.26. The summed E-state index contributed by atoms with van der Waals surface area (Å²) in [6.45, 7) is 3.76. The second-order valence-electron chi connectivity index (χ2n) is 8.33. The summed E-state index contributed by atoms with van der Waals surface area (Å²) in [5.74, 6) is -0.502. The molecule has 1 amide bonds. The van der Waals surface area contributed by atoms with Crippen molar-refractivity contribution in [2.24, 2.45) is 5.10 Å². The number of sulfonamides is 1. The van der Waals surface area contributed by atoms with E-state index in [1.165, 1.54) is 4.31 Å². The SMILES string of the molecule is C/C(=N\NC(=O)c1ccccc1N(Cc1ccccc1)S(=O)(=O)c1ccc(C)cc1)c1ccccc1. The van der Waals surface area contributed by atoms with Gasteiger partial charge >= 0.3 is 0 Å². The van der Waals surface area contributed by atoms with Gasteiger partial charge in [0, 0.05) is 0 Å². The van der Waals surface area contributed by atoms with Crippen LogP contribution in [0.1, 0.15) is 34.0 Å². The highest BCUT2D eigenvalue weighted by Gasteiger charge is 2.28. The maximum absolute atomic E-state index is 13.8. The van der Waals surface area contributed by atoms with Crippen LogP contribution in [0.25, 0.3) is 0 Å².